The van der Waals surface area contributed by atoms with E-state index in [9.17, 15) is 9.59 Å². The molecule has 0 rings (SSSR count). The second-order valence-electron chi connectivity index (χ2n) is 9.47. The molecule has 0 aliphatic heterocycles. The van der Waals surface area contributed by atoms with E-state index in [1.54, 1.807) is 0 Å². The van der Waals surface area contributed by atoms with Gasteiger partial charge in [0.2, 0.25) is 0 Å². The number of rotatable bonds is 24. The third kappa shape index (κ3) is 23.6. The summed E-state index contributed by atoms with van der Waals surface area (Å²) in [7, 11) is 0. The average Bonchev–Trinajstić information content (AvgIpc) is 2.76. The van der Waals surface area contributed by atoms with Gasteiger partial charge < -0.3 is 9.47 Å². The molecule has 0 spiro atoms. The largest absolute Gasteiger partial charge is 0.466 e. The van der Waals surface area contributed by atoms with Gasteiger partial charge in [0, 0.05) is 19.3 Å². The SMILES string of the molecule is CCCCCCCCCCCC(=O)OCCC(C)OC(=O)CCCCCCCCCCC. The van der Waals surface area contributed by atoms with Gasteiger partial charge in [0.05, 0.1) is 6.61 Å². The summed E-state index contributed by atoms with van der Waals surface area (Å²) < 4.78 is 10.7. The van der Waals surface area contributed by atoms with Gasteiger partial charge in [-0.2, -0.15) is 0 Å². The molecule has 4 nitrogen and oxygen atoms in total. The molecule has 0 amide bonds. The molecule has 4 heteroatoms. The van der Waals surface area contributed by atoms with Crippen molar-refractivity contribution in [1.82, 2.24) is 0 Å². The highest BCUT2D eigenvalue weighted by Gasteiger charge is 2.11. The van der Waals surface area contributed by atoms with E-state index in [2.05, 4.69) is 13.8 Å². The fourth-order valence-electron chi connectivity index (χ4n) is 3.91. The Bertz CT molecular complexity index is 422. The molecule has 0 fully saturated rings. The Morgan fingerprint density at radius 2 is 0.938 bits per heavy atom. The van der Waals surface area contributed by atoms with E-state index < -0.39 is 0 Å². The van der Waals surface area contributed by atoms with Crippen LogP contribution in [0.3, 0.4) is 0 Å². The maximum atomic E-state index is 11.9. The Morgan fingerprint density at radius 1 is 0.562 bits per heavy atom. The lowest BCUT2D eigenvalue weighted by atomic mass is 10.1. The quantitative estimate of drug-likeness (QED) is 0.108. The van der Waals surface area contributed by atoms with Crippen LogP contribution in [0, 0.1) is 0 Å². The van der Waals surface area contributed by atoms with Crippen molar-refractivity contribution in [2.45, 2.75) is 162 Å². The Morgan fingerprint density at radius 3 is 1.38 bits per heavy atom. The van der Waals surface area contributed by atoms with E-state index in [0.717, 1.165) is 25.7 Å². The molecular formula is C28H54O4. The van der Waals surface area contributed by atoms with Crippen LogP contribution in [0.2, 0.25) is 0 Å². The normalized spacial score (nSPS) is 12.0. The molecule has 0 heterocycles. The molecule has 0 radical (unpaired) electrons. The molecule has 0 saturated carbocycles. The second-order valence-corrected chi connectivity index (χ2v) is 9.47. The fourth-order valence-corrected chi connectivity index (χ4v) is 3.91. The molecule has 0 saturated heterocycles. The van der Waals surface area contributed by atoms with E-state index in [1.807, 2.05) is 6.92 Å². The summed E-state index contributed by atoms with van der Waals surface area (Å²) in [5.74, 6) is -0.248. The van der Waals surface area contributed by atoms with E-state index in [-0.39, 0.29) is 18.0 Å². The average molecular weight is 455 g/mol. The van der Waals surface area contributed by atoms with Crippen molar-refractivity contribution in [1.29, 1.82) is 0 Å². The van der Waals surface area contributed by atoms with Gasteiger partial charge in [-0.1, -0.05) is 117 Å². The zero-order chi connectivity index (χ0) is 23.7. The van der Waals surface area contributed by atoms with E-state index >= 15 is 0 Å². The Labute approximate surface area is 199 Å². The van der Waals surface area contributed by atoms with Crippen LogP contribution in [0.5, 0.6) is 0 Å². The first-order valence-electron chi connectivity index (χ1n) is 13.9. The minimum Gasteiger partial charge on any atom is -0.466 e. The molecule has 32 heavy (non-hydrogen) atoms. The summed E-state index contributed by atoms with van der Waals surface area (Å²) in [5, 5.41) is 0. The third-order valence-electron chi connectivity index (χ3n) is 6.09. The van der Waals surface area contributed by atoms with Gasteiger partial charge in [0.15, 0.2) is 0 Å². The first kappa shape index (κ1) is 30.9. The molecule has 0 bridgehead atoms. The van der Waals surface area contributed by atoms with Gasteiger partial charge in [-0.05, 0) is 19.8 Å². The van der Waals surface area contributed by atoms with Crippen LogP contribution < -0.4 is 0 Å². The highest BCUT2D eigenvalue weighted by Crippen LogP contribution is 2.12. The van der Waals surface area contributed by atoms with Gasteiger partial charge in [-0.25, -0.2) is 0 Å². The zero-order valence-corrected chi connectivity index (χ0v) is 21.8. The van der Waals surface area contributed by atoms with Crippen molar-refractivity contribution in [3.63, 3.8) is 0 Å². The highest BCUT2D eigenvalue weighted by molar-refractivity contribution is 5.69. The summed E-state index contributed by atoms with van der Waals surface area (Å²) in [4.78, 5) is 23.8. The lowest BCUT2D eigenvalue weighted by Gasteiger charge is -2.13. The molecule has 0 aromatic carbocycles. The number of unbranched alkanes of at least 4 members (excludes halogenated alkanes) is 16. The summed E-state index contributed by atoms with van der Waals surface area (Å²) in [6.07, 6.45) is 23.7. The topological polar surface area (TPSA) is 52.6 Å². The first-order valence-corrected chi connectivity index (χ1v) is 13.9. The van der Waals surface area contributed by atoms with Crippen molar-refractivity contribution in [3.05, 3.63) is 0 Å². The smallest absolute Gasteiger partial charge is 0.306 e. The van der Waals surface area contributed by atoms with E-state index in [1.165, 1.54) is 89.9 Å². The number of carbonyl (C=O) groups is 2. The Balaban J connectivity index is 3.45. The Hall–Kier alpha value is -1.06. The molecule has 0 N–H and O–H groups in total. The highest BCUT2D eigenvalue weighted by atomic mass is 16.6. The minimum absolute atomic E-state index is 0.124. The van der Waals surface area contributed by atoms with Crippen LogP contribution >= 0.6 is 0 Å². The van der Waals surface area contributed by atoms with Crippen LogP contribution in [-0.2, 0) is 19.1 Å². The molecule has 1 atom stereocenters. The number of ether oxygens (including phenoxy) is 2. The standard InChI is InChI=1S/C28H54O4/c1-4-6-8-10-12-14-16-18-20-22-27(29)31-25-24-26(3)32-28(30)23-21-19-17-15-13-11-9-7-5-2/h26H,4-25H2,1-3H3. The van der Waals surface area contributed by atoms with Crippen LogP contribution in [0.4, 0.5) is 0 Å². The third-order valence-corrected chi connectivity index (χ3v) is 6.09. The summed E-state index contributed by atoms with van der Waals surface area (Å²) >= 11 is 0. The van der Waals surface area contributed by atoms with Gasteiger partial charge in [0.25, 0.3) is 0 Å². The van der Waals surface area contributed by atoms with Crippen LogP contribution in [-0.4, -0.2) is 24.6 Å². The van der Waals surface area contributed by atoms with Gasteiger partial charge in [-0.3, -0.25) is 9.59 Å². The predicted molar refractivity (Wildman–Crippen MR) is 135 cm³/mol. The van der Waals surface area contributed by atoms with E-state index in [4.69, 9.17) is 9.47 Å². The van der Waals surface area contributed by atoms with Crippen molar-refractivity contribution < 1.29 is 19.1 Å². The molecule has 1 unspecified atom stereocenters. The molecule has 0 aliphatic rings. The van der Waals surface area contributed by atoms with Crippen molar-refractivity contribution in [2.75, 3.05) is 6.61 Å². The van der Waals surface area contributed by atoms with Crippen molar-refractivity contribution in [2.24, 2.45) is 0 Å². The fraction of sp³-hybridized carbons (Fsp3) is 0.929. The lowest BCUT2D eigenvalue weighted by molar-refractivity contribution is -0.150. The number of esters is 2. The van der Waals surface area contributed by atoms with Crippen LogP contribution in [0.15, 0.2) is 0 Å². The van der Waals surface area contributed by atoms with Gasteiger partial charge in [-0.15, -0.1) is 0 Å². The van der Waals surface area contributed by atoms with Gasteiger partial charge >= 0.3 is 11.9 Å². The molecule has 190 valence electrons. The number of carbonyl (C=O) groups excluding carboxylic acids is 2. The molecule has 0 aromatic rings. The number of hydrogen-bond acceptors (Lipinski definition) is 4. The molecular weight excluding hydrogens is 400 g/mol. The zero-order valence-electron chi connectivity index (χ0n) is 21.8. The Kier molecular flexibility index (Phi) is 23.8. The summed E-state index contributed by atoms with van der Waals surface area (Å²) in [6.45, 7) is 6.70. The molecule has 0 aliphatic carbocycles. The van der Waals surface area contributed by atoms with E-state index in [0.29, 0.717) is 25.9 Å². The monoisotopic (exact) mass is 454 g/mol. The lowest BCUT2D eigenvalue weighted by Crippen LogP contribution is -2.18. The molecule has 0 aromatic heterocycles. The summed E-state index contributed by atoms with van der Waals surface area (Å²) in [6, 6.07) is 0. The minimum atomic E-state index is -0.193. The van der Waals surface area contributed by atoms with Gasteiger partial charge in [0.1, 0.15) is 6.10 Å². The van der Waals surface area contributed by atoms with Crippen molar-refractivity contribution in [3.8, 4) is 0 Å². The van der Waals surface area contributed by atoms with Crippen molar-refractivity contribution >= 4 is 11.9 Å². The predicted octanol–water partition coefficient (Wildman–Crippen LogP) is 8.69. The second kappa shape index (κ2) is 24.6. The number of hydrogen-bond donors (Lipinski definition) is 0. The summed E-state index contributed by atoms with van der Waals surface area (Å²) in [5.41, 5.74) is 0. The van der Waals surface area contributed by atoms with Crippen LogP contribution in [0.25, 0.3) is 0 Å². The maximum Gasteiger partial charge on any atom is 0.306 e. The van der Waals surface area contributed by atoms with Crippen LogP contribution in [0.1, 0.15) is 156 Å². The first-order chi connectivity index (χ1) is 15.6. The maximum absolute atomic E-state index is 11.9.